The molecular weight excluding hydrogens is 346 g/mol. The lowest BCUT2D eigenvalue weighted by molar-refractivity contribution is -0.135. The number of hydrogen-bond acceptors (Lipinski definition) is 5. The van der Waals surface area contributed by atoms with Crippen molar-refractivity contribution in [2.75, 3.05) is 25.6 Å². The van der Waals surface area contributed by atoms with E-state index in [1.165, 1.54) is 13.3 Å². The third-order valence-corrected chi connectivity index (χ3v) is 4.48. The molecule has 0 bridgehead atoms. The number of aromatic nitrogens is 1. The highest BCUT2D eigenvalue weighted by atomic mass is 35.5. The van der Waals surface area contributed by atoms with Gasteiger partial charge in [-0.2, -0.15) is 0 Å². The number of carbonyl (C=O) groups is 2. The van der Waals surface area contributed by atoms with E-state index in [9.17, 15) is 9.59 Å². The van der Waals surface area contributed by atoms with Gasteiger partial charge in [0.15, 0.2) is 5.76 Å². The molecule has 1 saturated heterocycles. The largest absolute Gasteiger partial charge is 0.495 e. The van der Waals surface area contributed by atoms with Crippen molar-refractivity contribution in [1.29, 1.82) is 0 Å². The van der Waals surface area contributed by atoms with Crippen molar-refractivity contribution in [2.45, 2.75) is 13.0 Å². The molecule has 1 fully saturated rings. The third-order valence-electron chi connectivity index (χ3n) is 4.18. The molecule has 7 nitrogen and oxygen atoms in total. The van der Waals surface area contributed by atoms with Crippen LogP contribution in [0.2, 0.25) is 5.02 Å². The van der Waals surface area contributed by atoms with Crippen LogP contribution in [-0.2, 0) is 16.1 Å². The molecule has 1 aliphatic heterocycles. The van der Waals surface area contributed by atoms with Gasteiger partial charge in [-0.25, -0.2) is 0 Å². The average Bonchev–Trinajstić information content (AvgIpc) is 3.23. The van der Waals surface area contributed by atoms with Gasteiger partial charge in [0.2, 0.25) is 11.8 Å². The number of benzene rings is 1. The van der Waals surface area contributed by atoms with Crippen molar-refractivity contribution in [3.63, 3.8) is 0 Å². The summed E-state index contributed by atoms with van der Waals surface area (Å²) in [5.74, 6) is 0.524. The summed E-state index contributed by atoms with van der Waals surface area (Å²) in [6, 6.07) is 6.84. The molecule has 132 valence electrons. The minimum absolute atomic E-state index is 0.104. The summed E-state index contributed by atoms with van der Waals surface area (Å²) in [6.45, 7) is 0.638. The van der Waals surface area contributed by atoms with Gasteiger partial charge in [-0.1, -0.05) is 16.8 Å². The van der Waals surface area contributed by atoms with Gasteiger partial charge in [0, 0.05) is 31.8 Å². The molecule has 2 amide bonds. The van der Waals surface area contributed by atoms with Crippen LogP contribution in [0.5, 0.6) is 5.75 Å². The zero-order valence-corrected chi connectivity index (χ0v) is 14.7. The number of rotatable bonds is 5. The smallest absolute Gasteiger partial charge is 0.228 e. The predicted molar refractivity (Wildman–Crippen MR) is 91.4 cm³/mol. The minimum atomic E-state index is -0.402. The van der Waals surface area contributed by atoms with E-state index < -0.39 is 5.92 Å². The first-order valence-electron chi connectivity index (χ1n) is 7.78. The molecule has 2 heterocycles. The van der Waals surface area contributed by atoms with Crippen LogP contribution in [-0.4, -0.2) is 42.6 Å². The first-order valence-corrected chi connectivity index (χ1v) is 8.16. The number of halogens is 1. The summed E-state index contributed by atoms with van der Waals surface area (Å²) < 4.78 is 10.1. The van der Waals surface area contributed by atoms with Gasteiger partial charge in [0.25, 0.3) is 0 Å². The fourth-order valence-corrected chi connectivity index (χ4v) is 3.14. The van der Waals surface area contributed by atoms with E-state index in [0.29, 0.717) is 35.3 Å². The van der Waals surface area contributed by atoms with Crippen LogP contribution in [0.3, 0.4) is 0 Å². The average molecular weight is 364 g/mol. The van der Waals surface area contributed by atoms with Gasteiger partial charge >= 0.3 is 0 Å². The van der Waals surface area contributed by atoms with Crippen LogP contribution in [0, 0.1) is 5.92 Å². The van der Waals surface area contributed by atoms with E-state index in [4.69, 9.17) is 20.9 Å². The van der Waals surface area contributed by atoms with Crippen molar-refractivity contribution in [1.82, 2.24) is 10.1 Å². The van der Waals surface area contributed by atoms with Crippen molar-refractivity contribution in [3.8, 4) is 5.75 Å². The molecule has 25 heavy (non-hydrogen) atoms. The summed E-state index contributed by atoms with van der Waals surface area (Å²) in [7, 11) is 3.21. The quantitative estimate of drug-likeness (QED) is 0.815. The van der Waals surface area contributed by atoms with E-state index >= 15 is 0 Å². The lowest BCUT2D eigenvalue weighted by Crippen LogP contribution is -2.34. The fourth-order valence-electron chi connectivity index (χ4n) is 2.89. The van der Waals surface area contributed by atoms with E-state index in [2.05, 4.69) is 5.16 Å². The topological polar surface area (TPSA) is 75.9 Å². The van der Waals surface area contributed by atoms with E-state index in [0.717, 1.165) is 0 Å². The van der Waals surface area contributed by atoms with Gasteiger partial charge in [-0.05, 0) is 18.2 Å². The molecule has 1 aliphatic rings. The Hall–Kier alpha value is -2.54. The molecule has 1 atom stereocenters. The number of ether oxygens (including phenoxy) is 1. The van der Waals surface area contributed by atoms with Crippen molar-refractivity contribution in [3.05, 3.63) is 41.2 Å². The molecule has 0 unspecified atom stereocenters. The Morgan fingerprint density at radius 1 is 1.48 bits per heavy atom. The highest BCUT2D eigenvalue weighted by Gasteiger charge is 2.36. The SMILES string of the molecule is COc1ccc(N2C[C@H](C(=O)N(C)Cc3ccno3)CC2=O)cc1Cl. The number of amides is 2. The lowest BCUT2D eigenvalue weighted by atomic mass is 10.1. The normalized spacial score (nSPS) is 17.0. The Morgan fingerprint density at radius 2 is 2.28 bits per heavy atom. The zero-order chi connectivity index (χ0) is 18.0. The summed E-state index contributed by atoms with van der Waals surface area (Å²) >= 11 is 6.13. The predicted octanol–water partition coefficient (Wildman–Crippen LogP) is 2.35. The van der Waals surface area contributed by atoms with Crippen molar-refractivity contribution in [2.24, 2.45) is 5.92 Å². The Bertz CT molecular complexity index is 778. The van der Waals surface area contributed by atoms with Gasteiger partial charge in [-0.15, -0.1) is 0 Å². The first kappa shape index (κ1) is 17.3. The number of anilines is 1. The molecular formula is C17H18ClN3O4. The molecule has 1 aromatic heterocycles. The second-order valence-corrected chi connectivity index (χ2v) is 6.30. The van der Waals surface area contributed by atoms with Gasteiger partial charge in [0.1, 0.15) is 5.75 Å². The van der Waals surface area contributed by atoms with Gasteiger partial charge in [0.05, 0.1) is 30.8 Å². The van der Waals surface area contributed by atoms with Gasteiger partial charge in [-0.3, -0.25) is 9.59 Å². The van der Waals surface area contributed by atoms with Gasteiger partial charge < -0.3 is 19.1 Å². The maximum absolute atomic E-state index is 12.6. The summed E-state index contributed by atoms with van der Waals surface area (Å²) in [5.41, 5.74) is 0.656. The van der Waals surface area contributed by atoms with Crippen LogP contribution >= 0.6 is 11.6 Å². The molecule has 0 saturated carbocycles. The van der Waals surface area contributed by atoms with Crippen LogP contribution in [0.25, 0.3) is 0 Å². The fraction of sp³-hybridized carbons (Fsp3) is 0.353. The summed E-state index contributed by atoms with van der Waals surface area (Å²) in [4.78, 5) is 28.1. The van der Waals surface area contributed by atoms with Crippen molar-refractivity contribution < 1.29 is 18.8 Å². The second-order valence-electron chi connectivity index (χ2n) is 5.90. The molecule has 0 aliphatic carbocycles. The monoisotopic (exact) mass is 363 g/mol. The lowest BCUT2D eigenvalue weighted by Gasteiger charge is -2.21. The minimum Gasteiger partial charge on any atom is -0.495 e. The Labute approximate surface area is 150 Å². The Kier molecular flexibility index (Phi) is 4.94. The first-order chi connectivity index (χ1) is 12.0. The number of hydrogen-bond donors (Lipinski definition) is 0. The molecule has 0 N–H and O–H groups in total. The summed E-state index contributed by atoms with van der Waals surface area (Å²) in [5, 5.41) is 4.04. The zero-order valence-electron chi connectivity index (χ0n) is 13.9. The molecule has 0 spiro atoms. The maximum atomic E-state index is 12.6. The Balaban J connectivity index is 1.69. The second kappa shape index (κ2) is 7.14. The van der Waals surface area contributed by atoms with Crippen LogP contribution < -0.4 is 9.64 Å². The van der Waals surface area contributed by atoms with Crippen LogP contribution in [0.4, 0.5) is 5.69 Å². The summed E-state index contributed by atoms with van der Waals surface area (Å²) in [6.07, 6.45) is 1.70. The van der Waals surface area contributed by atoms with E-state index in [1.807, 2.05) is 0 Å². The number of carbonyl (C=O) groups excluding carboxylic acids is 2. The van der Waals surface area contributed by atoms with E-state index in [1.54, 1.807) is 41.1 Å². The van der Waals surface area contributed by atoms with E-state index in [-0.39, 0.29) is 18.2 Å². The highest BCUT2D eigenvalue weighted by Crippen LogP contribution is 2.32. The number of nitrogens with zero attached hydrogens (tertiary/aromatic N) is 3. The highest BCUT2D eigenvalue weighted by molar-refractivity contribution is 6.32. The maximum Gasteiger partial charge on any atom is 0.228 e. The molecule has 0 radical (unpaired) electrons. The molecule has 8 heteroatoms. The number of methoxy groups -OCH3 is 1. The molecule has 1 aromatic carbocycles. The van der Waals surface area contributed by atoms with Crippen LogP contribution in [0.15, 0.2) is 35.0 Å². The third kappa shape index (κ3) is 3.61. The standard InChI is InChI=1S/C17H18ClN3O4/c1-20(10-13-5-6-19-25-13)17(23)11-7-16(22)21(9-11)12-3-4-15(24-2)14(18)8-12/h3-6,8,11H,7,9-10H2,1-2H3/t11-/m1/s1. The van der Waals surface area contributed by atoms with Crippen LogP contribution in [0.1, 0.15) is 12.2 Å². The Morgan fingerprint density at radius 3 is 2.92 bits per heavy atom. The molecule has 2 aromatic rings. The molecule has 3 rings (SSSR count). The van der Waals surface area contributed by atoms with Crippen molar-refractivity contribution >= 4 is 29.1 Å².